The molecule has 4 heteroatoms. The maximum atomic E-state index is 4.55. The number of anilines is 1. The molecule has 1 aromatic rings. The zero-order valence-corrected chi connectivity index (χ0v) is 11.7. The second-order valence-electron chi connectivity index (χ2n) is 4.73. The van der Waals surface area contributed by atoms with Crippen LogP contribution >= 0.6 is 11.3 Å². The zero-order valence-electron chi connectivity index (χ0n) is 10.9. The Labute approximate surface area is 108 Å². The minimum Gasteiger partial charge on any atom is -0.348 e. The van der Waals surface area contributed by atoms with Crippen molar-refractivity contribution in [3.8, 4) is 0 Å². The molecule has 0 aromatic carbocycles. The van der Waals surface area contributed by atoms with Crippen LogP contribution < -0.4 is 10.2 Å². The van der Waals surface area contributed by atoms with Crippen molar-refractivity contribution in [3.63, 3.8) is 0 Å². The summed E-state index contributed by atoms with van der Waals surface area (Å²) in [6.45, 7) is 8.80. The van der Waals surface area contributed by atoms with E-state index in [2.05, 4.69) is 29.0 Å². The van der Waals surface area contributed by atoms with E-state index in [4.69, 9.17) is 0 Å². The highest BCUT2D eigenvalue weighted by Crippen LogP contribution is 2.28. The molecular weight excluding hydrogens is 230 g/mol. The maximum absolute atomic E-state index is 4.55. The standard InChI is InChI=1S/C13H23N3S/c1-3-11-5-7-16(8-6-11)13-15-10-12(17-13)9-14-4-2/h10-11,14H,3-9H2,1-2H3. The van der Waals surface area contributed by atoms with Gasteiger partial charge in [0.2, 0.25) is 0 Å². The first-order chi connectivity index (χ1) is 8.33. The summed E-state index contributed by atoms with van der Waals surface area (Å²) in [4.78, 5) is 8.35. The molecule has 0 radical (unpaired) electrons. The van der Waals surface area contributed by atoms with Gasteiger partial charge in [-0.2, -0.15) is 0 Å². The van der Waals surface area contributed by atoms with E-state index in [1.54, 1.807) is 0 Å². The molecule has 1 aliphatic rings. The van der Waals surface area contributed by atoms with Gasteiger partial charge in [-0.15, -0.1) is 11.3 Å². The minimum absolute atomic E-state index is 0.937. The molecule has 1 N–H and O–H groups in total. The van der Waals surface area contributed by atoms with E-state index in [1.165, 1.54) is 42.4 Å². The maximum Gasteiger partial charge on any atom is 0.185 e. The molecule has 17 heavy (non-hydrogen) atoms. The van der Waals surface area contributed by atoms with Crippen LogP contribution in [0.2, 0.25) is 0 Å². The van der Waals surface area contributed by atoms with Crippen molar-refractivity contribution < 1.29 is 0 Å². The first-order valence-corrected chi connectivity index (χ1v) is 7.55. The molecule has 2 rings (SSSR count). The molecule has 1 aliphatic heterocycles. The zero-order chi connectivity index (χ0) is 12.1. The van der Waals surface area contributed by atoms with Gasteiger partial charge in [-0.25, -0.2) is 4.98 Å². The number of hydrogen-bond acceptors (Lipinski definition) is 4. The Morgan fingerprint density at radius 1 is 1.41 bits per heavy atom. The normalized spacial score (nSPS) is 17.6. The van der Waals surface area contributed by atoms with Gasteiger partial charge in [0.05, 0.1) is 0 Å². The van der Waals surface area contributed by atoms with Gasteiger partial charge in [-0.3, -0.25) is 0 Å². The van der Waals surface area contributed by atoms with Crippen LogP contribution in [0, 0.1) is 5.92 Å². The number of piperidine rings is 1. The lowest BCUT2D eigenvalue weighted by molar-refractivity contribution is 0.395. The van der Waals surface area contributed by atoms with Crippen molar-refractivity contribution in [1.82, 2.24) is 10.3 Å². The second kappa shape index (κ2) is 6.36. The van der Waals surface area contributed by atoms with Gasteiger partial charge in [0.25, 0.3) is 0 Å². The van der Waals surface area contributed by atoms with E-state index in [9.17, 15) is 0 Å². The summed E-state index contributed by atoms with van der Waals surface area (Å²) in [7, 11) is 0. The fourth-order valence-electron chi connectivity index (χ4n) is 2.31. The van der Waals surface area contributed by atoms with E-state index in [0.717, 1.165) is 19.0 Å². The fraction of sp³-hybridized carbons (Fsp3) is 0.769. The molecule has 0 aliphatic carbocycles. The van der Waals surface area contributed by atoms with Crippen molar-refractivity contribution in [2.75, 3.05) is 24.5 Å². The summed E-state index contributed by atoms with van der Waals surface area (Å²) in [6.07, 6.45) is 6.02. The van der Waals surface area contributed by atoms with Crippen molar-refractivity contribution in [2.24, 2.45) is 5.92 Å². The first kappa shape index (κ1) is 12.8. The van der Waals surface area contributed by atoms with Crippen LogP contribution in [-0.4, -0.2) is 24.6 Å². The van der Waals surface area contributed by atoms with Crippen LogP contribution in [0.3, 0.4) is 0 Å². The van der Waals surface area contributed by atoms with Crippen LogP contribution in [-0.2, 0) is 6.54 Å². The minimum atomic E-state index is 0.937. The SMILES string of the molecule is CCNCc1cnc(N2CCC(CC)CC2)s1. The average Bonchev–Trinajstić information content (AvgIpc) is 2.85. The van der Waals surface area contributed by atoms with Gasteiger partial charge in [0, 0.05) is 30.7 Å². The first-order valence-electron chi connectivity index (χ1n) is 6.73. The molecule has 96 valence electrons. The lowest BCUT2D eigenvalue weighted by atomic mass is 9.95. The van der Waals surface area contributed by atoms with Gasteiger partial charge < -0.3 is 10.2 Å². The summed E-state index contributed by atoms with van der Waals surface area (Å²) in [5.74, 6) is 0.937. The van der Waals surface area contributed by atoms with Crippen LogP contribution in [0.25, 0.3) is 0 Å². The molecule has 0 saturated carbocycles. The molecule has 3 nitrogen and oxygen atoms in total. The lowest BCUT2D eigenvalue weighted by Crippen LogP contribution is -2.33. The molecule has 0 unspecified atom stereocenters. The third-order valence-electron chi connectivity index (χ3n) is 3.55. The molecule has 0 amide bonds. The van der Waals surface area contributed by atoms with Gasteiger partial charge in [0.15, 0.2) is 5.13 Å². The number of rotatable bonds is 5. The Bertz CT molecular complexity index is 329. The monoisotopic (exact) mass is 253 g/mol. The molecule has 0 atom stereocenters. The van der Waals surface area contributed by atoms with Gasteiger partial charge >= 0.3 is 0 Å². The van der Waals surface area contributed by atoms with Crippen molar-refractivity contribution in [3.05, 3.63) is 11.1 Å². The predicted molar refractivity (Wildman–Crippen MR) is 74.7 cm³/mol. The van der Waals surface area contributed by atoms with Crippen molar-refractivity contribution >= 4 is 16.5 Å². The number of nitrogens with one attached hydrogen (secondary N) is 1. The quantitative estimate of drug-likeness (QED) is 0.874. The van der Waals surface area contributed by atoms with Gasteiger partial charge in [0.1, 0.15) is 0 Å². The molecular formula is C13H23N3S. The van der Waals surface area contributed by atoms with E-state index in [1.807, 2.05) is 17.5 Å². The Hall–Kier alpha value is -0.610. The molecule has 1 fully saturated rings. The van der Waals surface area contributed by atoms with Crippen LogP contribution in [0.4, 0.5) is 5.13 Å². The molecule has 1 saturated heterocycles. The topological polar surface area (TPSA) is 28.2 Å². The second-order valence-corrected chi connectivity index (χ2v) is 5.82. The van der Waals surface area contributed by atoms with E-state index >= 15 is 0 Å². The molecule has 0 bridgehead atoms. The highest BCUT2D eigenvalue weighted by atomic mass is 32.1. The van der Waals surface area contributed by atoms with Crippen molar-refractivity contribution in [1.29, 1.82) is 0 Å². The number of thiazole rings is 1. The van der Waals surface area contributed by atoms with Crippen LogP contribution in [0.1, 0.15) is 38.0 Å². The Morgan fingerprint density at radius 3 is 2.82 bits per heavy atom. The van der Waals surface area contributed by atoms with Crippen LogP contribution in [0.5, 0.6) is 0 Å². The third-order valence-corrected chi connectivity index (χ3v) is 4.61. The Balaban J connectivity index is 1.87. The Morgan fingerprint density at radius 2 is 2.18 bits per heavy atom. The number of nitrogens with zero attached hydrogens (tertiary/aromatic N) is 2. The third kappa shape index (κ3) is 3.42. The summed E-state index contributed by atoms with van der Waals surface area (Å²) in [5.41, 5.74) is 0. The van der Waals surface area contributed by atoms with Crippen molar-refractivity contribution in [2.45, 2.75) is 39.7 Å². The highest BCUT2D eigenvalue weighted by Gasteiger charge is 2.19. The average molecular weight is 253 g/mol. The predicted octanol–water partition coefficient (Wildman–Crippen LogP) is 2.88. The lowest BCUT2D eigenvalue weighted by Gasteiger charge is -2.31. The van der Waals surface area contributed by atoms with Crippen LogP contribution in [0.15, 0.2) is 6.20 Å². The fourth-order valence-corrected chi connectivity index (χ4v) is 3.24. The Kier molecular flexibility index (Phi) is 4.80. The highest BCUT2D eigenvalue weighted by molar-refractivity contribution is 7.15. The van der Waals surface area contributed by atoms with Gasteiger partial charge in [-0.1, -0.05) is 20.3 Å². The largest absolute Gasteiger partial charge is 0.348 e. The van der Waals surface area contributed by atoms with E-state index < -0.39 is 0 Å². The summed E-state index contributed by atoms with van der Waals surface area (Å²) in [5, 5.41) is 4.56. The smallest absolute Gasteiger partial charge is 0.185 e. The molecule has 2 heterocycles. The van der Waals surface area contributed by atoms with Gasteiger partial charge in [-0.05, 0) is 25.3 Å². The molecule has 1 aromatic heterocycles. The molecule has 0 spiro atoms. The number of hydrogen-bond donors (Lipinski definition) is 1. The van der Waals surface area contributed by atoms with E-state index in [-0.39, 0.29) is 0 Å². The summed E-state index contributed by atoms with van der Waals surface area (Å²) in [6, 6.07) is 0. The summed E-state index contributed by atoms with van der Waals surface area (Å²) >= 11 is 1.84. The number of aromatic nitrogens is 1. The summed E-state index contributed by atoms with van der Waals surface area (Å²) < 4.78 is 0. The van der Waals surface area contributed by atoms with E-state index in [0.29, 0.717) is 0 Å².